The number of nitro groups is 1. The van der Waals surface area contributed by atoms with Gasteiger partial charge in [0.1, 0.15) is 11.8 Å². The fourth-order valence-electron chi connectivity index (χ4n) is 1.34. The second-order valence-electron chi connectivity index (χ2n) is 3.70. The first-order valence-electron chi connectivity index (χ1n) is 5.83. The fraction of sp³-hybridized carbons (Fsp3) is 0.167. The number of carboxylic acids is 1. The Labute approximate surface area is 123 Å². The van der Waals surface area contributed by atoms with E-state index in [1.54, 1.807) is 0 Å². The van der Waals surface area contributed by atoms with Gasteiger partial charge in [0.25, 0.3) is 5.69 Å². The van der Waals surface area contributed by atoms with E-state index in [0.717, 1.165) is 18.2 Å². The number of carboxylic acid groups (broad SMARTS) is 1. The van der Waals surface area contributed by atoms with Crippen LogP contribution in [0.3, 0.4) is 0 Å². The first-order chi connectivity index (χ1) is 10.4. The molecular formula is C12H10N4O6. The van der Waals surface area contributed by atoms with E-state index in [2.05, 4.69) is 15.3 Å². The van der Waals surface area contributed by atoms with Gasteiger partial charge in [-0.25, -0.2) is 9.59 Å². The highest BCUT2D eigenvalue weighted by molar-refractivity contribution is 6.43. The van der Waals surface area contributed by atoms with Gasteiger partial charge in [0.15, 0.2) is 0 Å². The molecule has 22 heavy (non-hydrogen) atoms. The smallest absolute Gasteiger partial charge is 0.369 e. The van der Waals surface area contributed by atoms with Gasteiger partial charge in [-0.15, -0.1) is 0 Å². The number of hydrazone groups is 1. The second kappa shape index (κ2) is 7.34. The molecule has 0 saturated heterocycles. The highest BCUT2D eigenvalue weighted by Crippen LogP contribution is 2.25. The lowest BCUT2D eigenvalue weighted by Gasteiger charge is -2.04. The molecule has 0 aliphatic carbocycles. The molecule has 0 aromatic heterocycles. The molecule has 2 N–H and O–H groups in total. The van der Waals surface area contributed by atoms with Gasteiger partial charge in [-0.3, -0.25) is 15.5 Å². The van der Waals surface area contributed by atoms with Crippen LogP contribution in [-0.4, -0.2) is 34.3 Å². The molecule has 0 bridgehead atoms. The number of nitrogens with one attached hydrogen (secondary N) is 1. The molecule has 1 aromatic rings. The summed E-state index contributed by atoms with van der Waals surface area (Å²) in [5.41, 5.74) is 0.531. The molecule has 0 radical (unpaired) electrons. The Hall–Kier alpha value is -3.48. The van der Waals surface area contributed by atoms with Gasteiger partial charge in [0, 0.05) is 6.07 Å². The number of benzene rings is 1. The molecule has 1 rings (SSSR count). The van der Waals surface area contributed by atoms with Crippen molar-refractivity contribution in [1.29, 1.82) is 5.26 Å². The van der Waals surface area contributed by atoms with Gasteiger partial charge >= 0.3 is 11.9 Å². The Morgan fingerprint density at radius 1 is 1.55 bits per heavy atom. The van der Waals surface area contributed by atoms with Crippen LogP contribution in [0.1, 0.15) is 17.3 Å². The number of rotatable bonds is 6. The van der Waals surface area contributed by atoms with Gasteiger partial charge in [0.05, 0.1) is 17.1 Å². The van der Waals surface area contributed by atoms with Crippen molar-refractivity contribution in [2.75, 3.05) is 12.0 Å². The Morgan fingerprint density at radius 2 is 2.23 bits per heavy atom. The number of nitriles is 1. The van der Waals surface area contributed by atoms with Crippen LogP contribution < -0.4 is 5.43 Å². The number of anilines is 1. The van der Waals surface area contributed by atoms with E-state index in [-0.39, 0.29) is 17.9 Å². The average Bonchev–Trinajstić information content (AvgIpc) is 2.47. The molecule has 0 unspecified atom stereocenters. The second-order valence-corrected chi connectivity index (χ2v) is 3.70. The number of nitrogens with zero attached hydrogens (tertiary/aromatic N) is 3. The third-order valence-corrected chi connectivity index (χ3v) is 2.30. The number of ether oxygens (including phenoxy) is 1. The highest BCUT2D eigenvalue weighted by atomic mass is 16.6. The van der Waals surface area contributed by atoms with Crippen LogP contribution in [-0.2, 0) is 9.53 Å². The number of nitro benzene ring substituents is 1. The minimum Gasteiger partial charge on any atom is -0.478 e. The minimum atomic E-state index is -1.33. The molecule has 114 valence electrons. The van der Waals surface area contributed by atoms with E-state index in [9.17, 15) is 19.7 Å². The average molecular weight is 306 g/mol. The third-order valence-electron chi connectivity index (χ3n) is 2.30. The molecule has 0 aliphatic heterocycles. The number of esters is 1. The molecule has 0 aliphatic rings. The zero-order valence-corrected chi connectivity index (χ0v) is 11.3. The van der Waals surface area contributed by atoms with Gasteiger partial charge in [0.2, 0.25) is 5.71 Å². The van der Waals surface area contributed by atoms with Crippen molar-refractivity contribution in [3.63, 3.8) is 0 Å². The van der Waals surface area contributed by atoms with Crippen molar-refractivity contribution in [3.05, 3.63) is 33.9 Å². The van der Waals surface area contributed by atoms with Crippen molar-refractivity contribution >= 4 is 29.0 Å². The van der Waals surface area contributed by atoms with Gasteiger partial charge < -0.3 is 9.84 Å². The van der Waals surface area contributed by atoms with Gasteiger partial charge in [-0.1, -0.05) is 0 Å². The summed E-state index contributed by atoms with van der Waals surface area (Å²) in [5, 5.41) is 31.9. The van der Waals surface area contributed by atoms with Gasteiger partial charge in [-0.05, 0) is 19.1 Å². The molecule has 0 fully saturated rings. The predicted octanol–water partition coefficient (Wildman–Crippen LogP) is 1.15. The van der Waals surface area contributed by atoms with Crippen LogP contribution in [0.5, 0.6) is 0 Å². The standard InChI is InChI=1S/C12H10N4O6/c1-2-22-12(19)9(6-13)15-14-8-4-3-7(11(17)18)5-10(8)16(20)21/h3-5,14H,2H2,1H3,(H,17,18). The first kappa shape index (κ1) is 16.6. The summed E-state index contributed by atoms with van der Waals surface area (Å²) in [7, 11) is 0. The van der Waals surface area contributed by atoms with E-state index in [1.165, 1.54) is 13.0 Å². The lowest BCUT2D eigenvalue weighted by atomic mass is 10.2. The monoisotopic (exact) mass is 306 g/mol. The van der Waals surface area contributed by atoms with Crippen LogP contribution in [0.15, 0.2) is 23.3 Å². The SMILES string of the molecule is CCOC(=O)C(C#N)=NNc1ccc(C(=O)O)cc1[N+](=O)[O-]. The zero-order chi connectivity index (χ0) is 16.7. The zero-order valence-electron chi connectivity index (χ0n) is 11.3. The summed E-state index contributed by atoms with van der Waals surface area (Å²) in [4.78, 5) is 32.2. The summed E-state index contributed by atoms with van der Waals surface area (Å²) >= 11 is 0. The van der Waals surface area contributed by atoms with E-state index < -0.39 is 28.3 Å². The maximum atomic E-state index is 11.3. The topological polar surface area (TPSA) is 155 Å². The molecule has 0 amide bonds. The Kier molecular flexibility index (Phi) is 5.53. The molecule has 0 spiro atoms. The lowest BCUT2D eigenvalue weighted by molar-refractivity contribution is -0.384. The maximum Gasteiger partial charge on any atom is 0.369 e. The minimum absolute atomic E-state index is 0.0347. The van der Waals surface area contributed by atoms with Crippen LogP contribution in [0.2, 0.25) is 0 Å². The third kappa shape index (κ3) is 4.01. The van der Waals surface area contributed by atoms with Crippen molar-refractivity contribution in [1.82, 2.24) is 0 Å². The van der Waals surface area contributed by atoms with Crippen molar-refractivity contribution < 1.29 is 24.4 Å². The summed E-state index contributed by atoms with van der Waals surface area (Å²) in [6.45, 7) is 1.57. The fourth-order valence-corrected chi connectivity index (χ4v) is 1.34. The van der Waals surface area contributed by atoms with Gasteiger partial charge in [-0.2, -0.15) is 10.4 Å². The summed E-state index contributed by atoms with van der Waals surface area (Å²) in [6, 6.07) is 4.53. The molecule has 0 saturated carbocycles. The molecule has 10 nitrogen and oxygen atoms in total. The van der Waals surface area contributed by atoms with E-state index in [4.69, 9.17) is 10.4 Å². The Balaban J connectivity index is 3.12. The molecular weight excluding hydrogens is 296 g/mol. The molecule has 1 aromatic carbocycles. The largest absolute Gasteiger partial charge is 0.478 e. The lowest BCUT2D eigenvalue weighted by Crippen LogP contribution is -2.17. The van der Waals surface area contributed by atoms with E-state index in [0.29, 0.717) is 0 Å². The first-order valence-corrected chi connectivity index (χ1v) is 5.83. The summed E-state index contributed by atoms with van der Waals surface area (Å²) in [6.07, 6.45) is 0. The quantitative estimate of drug-likeness (QED) is 0.343. The van der Waals surface area contributed by atoms with Crippen molar-refractivity contribution in [2.45, 2.75) is 6.92 Å². The molecule has 0 heterocycles. The number of hydrogen-bond acceptors (Lipinski definition) is 8. The number of hydrogen-bond donors (Lipinski definition) is 2. The van der Waals surface area contributed by atoms with Crippen molar-refractivity contribution in [3.8, 4) is 6.07 Å². The van der Waals surface area contributed by atoms with Crippen molar-refractivity contribution in [2.24, 2.45) is 5.10 Å². The number of aromatic carboxylic acids is 1. The normalized spacial score (nSPS) is 10.5. The van der Waals surface area contributed by atoms with Crippen LogP contribution in [0, 0.1) is 21.4 Å². The predicted molar refractivity (Wildman–Crippen MR) is 73.4 cm³/mol. The Bertz CT molecular complexity index is 691. The van der Waals surface area contributed by atoms with E-state index >= 15 is 0 Å². The van der Waals surface area contributed by atoms with Crippen LogP contribution >= 0.6 is 0 Å². The maximum absolute atomic E-state index is 11.3. The number of carbonyl (C=O) groups excluding carboxylic acids is 1. The highest BCUT2D eigenvalue weighted by Gasteiger charge is 2.18. The molecule has 10 heteroatoms. The summed E-state index contributed by atoms with van der Waals surface area (Å²) in [5.74, 6) is -2.32. The van der Waals surface area contributed by atoms with Crippen LogP contribution in [0.25, 0.3) is 0 Å². The Morgan fingerprint density at radius 3 is 2.73 bits per heavy atom. The number of carbonyl (C=O) groups is 2. The van der Waals surface area contributed by atoms with Crippen LogP contribution in [0.4, 0.5) is 11.4 Å². The molecule has 0 atom stereocenters. The summed E-state index contributed by atoms with van der Waals surface area (Å²) < 4.78 is 4.57. The van der Waals surface area contributed by atoms with E-state index in [1.807, 2.05) is 0 Å².